The fourth-order valence-corrected chi connectivity index (χ4v) is 2.39. The lowest BCUT2D eigenvalue weighted by Crippen LogP contribution is -2.14. The molecule has 5 heteroatoms. The molecule has 0 fully saturated rings. The van der Waals surface area contributed by atoms with Crippen molar-refractivity contribution < 1.29 is 4.79 Å². The Labute approximate surface area is 130 Å². The summed E-state index contributed by atoms with van der Waals surface area (Å²) >= 11 is 8.02. The summed E-state index contributed by atoms with van der Waals surface area (Å²) in [6.07, 6.45) is 0. The molecular formula is C14H12ClIN2O. The molecule has 0 atom stereocenters. The maximum Gasteiger partial charge on any atom is 0.256 e. The normalized spacial score (nSPS) is 10.3. The lowest BCUT2D eigenvalue weighted by atomic mass is 10.1. The van der Waals surface area contributed by atoms with Crippen molar-refractivity contribution >= 4 is 51.5 Å². The molecule has 0 radical (unpaired) electrons. The summed E-state index contributed by atoms with van der Waals surface area (Å²) in [6, 6.07) is 10.6. The average molecular weight is 387 g/mol. The fraction of sp³-hybridized carbons (Fsp3) is 0.0714. The Balaban J connectivity index is 2.30. The summed E-state index contributed by atoms with van der Waals surface area (Å²) in [6.45, 7) is 1.91. The van der Waals surface area contributed by atoms with E-state index in [4.69, 9.17) is 17.3 Å². The molecule has 0 aliphatic heterocycles. The van der Waals surface area contributed by atoms with Gasteiger partial charge in [0.25, 0.3) is 5.91 Å². The number of aryl methyl sites for hydroxylation is 1. The number of nitrogens with one attached hydrogen (secondary N) is 1. The van der Waals surface area contributed by atoms with E-state index in [1.54, 1.807) is 24.3 Å². The summed E-state index contributed by atoms with van der Waals surface area (Å²) in [5.74, 6) is -0.194. The SMILES string of the molecule is Cc1ccc(N)cc1NC(=O)c1cc(Cl)ccc1I. The van der Waals surface area contributed by atoms with E-state index in [2.05, 4.69) is 27.9 Å². The minimum absolute atomic E-state index is 0.194. The first-order valence-corrected chi connectivity index (χ1v) is 7.05. The topological polar surface area (TPSA) is 55.1 Å². The molecule has 0 saturated heterocycles. The van der Waals surface area contributed by atoms with Crippen LogP contribution in [0.3, 0.4) is 0 Å². The van der Waals surface area contributed by atoms with Gasteiger partial charge in [0.1, 0.15) is 0 Å². The highest BCUT2D eigenvalue weighted by molar-refractivity contribution is 14.1. The largest absolute Gasteiger partial charge is 0.399 e. The van der Waals surface area contributed by atoms with Crippen molar-refractivity contribution in [1.82, 2.24) is 0 Å². The van der Waals surface area contributed by atoms with Gasteiger partial charge in [-0.25, -0.2) is 0 Å². The van der Waals surface area contributed by atoms with Crippen LogP contribution in [0.15, 0.2) is 36.4 Å². The lowest BCUT2D eigenvalue weighted by molar-refractivity contribution is 0.102. The zero-order valence-electron chi connectivity index (χ0n) is 10.2. The van der Waals surface area contributed by atoms with Crippen molar-refractivity contribution in [2.24, 2.45) is 0 Å². The second-order valence-electron chi connectivity index (χ2n) is 4.15. The Morgan fingerprint density at radius 3 is 2.74 bits per heavy atom. The molecule has 3 nitrogen and oxygen atoms in total. The standard InChI is InChI=1S/C14H12ClIN2O/c1-8-2-4-10(17)7-13(8)18-14(19)11-6-9(15)3-5-12(11)16/h2-7H,17H2,1H3,(H,18,19). The van der Waals surface area contributed by atoms with E-state index < -0.39 is 0 Å². The van der Waals surface area contributed by atoms with Crippen LogP contribution in [0.5, 0.6) is 0 Å². The molecule has 0 bridgehead atoms. The molecule has 2 rings (SSSR count). The molecule has 0 aliphatic carbocycles. The summed E-state index contributed by atoms with van der Waals surface area (Å²) in [4.78, 5) is 12.2. The molecule has 0 aliphatic rings. The minimum Gasteiger partial charge on any atom is -0.399 e. The molecule has 19 heavy (non-hydrogen) atoms. The number of halogens is 2. The Hall–Kier alpha value is -1.27. The van der Waals surface area contributed by atoms with Crippen molar-refractivity contribution in [2.45, 2.75) is 6.92 Å². The molecular weight excluding hydrogens is 375 g/mol. The van der Waals surface area contributed by atoms with E-state index >= 15 is 0 Å². The Kier molecular flexibility index (Phi) is 4.31. The van der Waals surface area contributed by atoms with Gasteiger partial charge in [-0.1, -0.05) is 17.7 Å². The Morgan fingerprint density at radius 2 is 2.00 bits per heavy atom. The highest BCUT2D eigenvalue weighted by Crippen LogP contribution is 2.22. The van der Waals surface area contributed by atoms with E-state index in [1.165, 1.54) is 0 Å². The third-order valence-electron chi connectivity index (χ3n) is 2.68. The Bertz CT molecular complexity index is 643. The highest BCUT2D eigenvalue weighted by atomic mass is 127. The molecule has 98 valence electrons. The first-order chi connectivity index (χ1) is 8.97. The van der Waals surface area contributed by atoms with Crippen molar-refractivity contribution in [2.75, 3.05) is 11.1 Å². The van der Waals surface area contributed by atoms with Gasteiger partial charge in [-0.15, -0.1) is 0 Å². The van der Waals surface area contributed by atoms with Crippen LogP contribution in [0.2, 0.25) is 5.02 Å². The molecule has 0 saturated carbocycles. The van der Waals surface area contributed by atoms with Gasteiger partial charge >= 0.3 is 0 Å². The zero-order valence-corrected chi connectivity index (χ0v) is 13.1. The maximum atomic E-state index is 12.2. The average Bonchev–Trinajstić information content (AvgIpc) is 2.36. The number of nitrogen functional groups attached to an aromatic ring is 1. The smallest absolute Gasteiger partial charge is 0.256 e. The third kappa shape index (κ3) is 3.39. The van der Waals surface area contributed by atoms with Crippen LogP contribution >= 0.6 is 34.2 Å². The second-order valence-corrected chi connectivity index (χ2v) is 5.75. The number of hydrogen-bond donors (Lipinski definition) is 2. The molecule has 2 aromatic rings. The van der Waals surface area contributed by atoms with Crippen LogP contribution in [0, 0.1) is 10.5 Å². The molecule has 0 unspecified atom stereocenters. The number of benzene rings is 2. The molecule has 1 amide bonds. The summed E-state index contributed by atoms with van der Waals surface area (Å²) in [5, 5.41) is 3.39. The second kappa shape index (κ2) is 5.79. The van der Waals surface area contributed by atoms with Crippen LogP contribution in [-0.2, 0) is 0 Å². The maximum absolute atomic E-state index is 12.2. The minimum atomic E-state index is -0.194. The van der Waals surface area contributed by atoms with E-state index in [0.29, 0.717) is 22.0 Å². The third-order valence-corrected chi connectivity index (χ3v) is 3.86. The molecule has 3 N–H and O–H groups in total. The van der Waals surface area contributed by atoms with E-state index in [0.717, 1.165) is 9.13 Å². The van der Waals surface area contributed by atoms with Gasteiger partial charge in [-0.05, 0) is 65.4 Å². The number of nitrogens with two attached hydrogens (primary N) is 1. The zero-order chi connectivity index (χ0) is 14.0. The molecule has 0 spiro atoms. The number of amides is 1. The summed E-state index contributed by atoms with van der Waals surface area (Å²) in [7, 11) is 0. The van der Waals surface area contributed by atoms with Crippen LogP contribution in [0.25, 0.3) is 0 Å². The summed E-state index contributed by atoms with van der Waals surface area (Å²) in [5.41, 5.74) is 8.55. The fourth-order valence-electron chi connectivity index (χ4n) is 1.64. The first-order valence-electron chi connectivity index (χ1n) is 5.60. The van der Waals surface area contributed by atoms with Crippen LogP contribution in [0.4, 0.5) is 11.4 Å². The predicted octanol–water partition coefficient (Wildman–Crippen LogP) is 4.09. The van der Waals surface area contributed by atoms with Crippen molar-refractivity contribution in [3.63, 3.8) is 0 Å². The number of carbonyl (C=O) groups excluding carboxylic acids is 1. The quantitative estimate of drug-likeness (QED) is 0.603. The number of anilines is 2. The monoisotopic (exact) mass is 386 g/mol. The molecule has 0 heterocycles. The van der Waals surface area contributed by atoms with Crippen LogP contribution in [-0.4, -0.2) is 5.91 Å². The van der Waals surface area contributed by atoms with Gasteiger partial charge in [0.15, 0.2) is 0 Å². The number of hydrogen-bond acceptors (Lipinski definition) is 2. The van der Waals surface area contributed by atoms with Crippen molar-refractivity contribution in [3.8, 4) is 0 Å². The molecule has 2 aromatic carbocycles. The van der Waals surface area contributed by atoms with Gasteiger partial charge in [0.2, 0.25) is 0 Å². The van der Waals surface area contributed by atoms with Crippen LogP contribution < -0.4 is 11.1 Å². The number of rotatable bonds is 2. The van der Waals surface area contributed by atoms with Gasteiger partial charge in [0, 0.05) is 20.0 Å². The van der Waals surface area contributed by atoms with E-state index in [-0.39, 0.29) is 5.91 Å². The van der Waals surface area contributed by atoms with Crippen molar-refractivity contribution in [1.29, 1.82) is 0 Å². The van der Waals surface area contributed by atoms with Gasteiger partial charge in [-0.3, -0.25) is 4.79 Å². The van der Waals surface area contributed by atoms with E-state index in [9.17, 15) is 4.79 Å². The van der Waals surface area contributed by atoms with E-state index in [1.807, 2.05) is 19.1 Å². The highest BCUT2D eigenvalue weighted by Gasteiger charge is 2.12. The number of carbonyl (C=O) groups is 1. The van der Waals surface area contributed by atoms with Crippen LogP contribution in [0.1, 0.15) is 15.9 Å². The Morgan fingerprint density at radius 1 is 1.26 bits per heavy atom. The summed E-state index contributed by atoms with van der Waals surface area (Å²) < 4.78 is 0.848. The van der Waals surface area contributed by atoms with Gasteiger partial charge in [-0.2, -0.15) is 0 Å². The predicted molar refractivity (Wildman–Crippen MR) is 87.7 cm³/mol. The van der Waals surface area contributed by atoms with Gasteiger partial charge < -0.3 is 11.1 Å². The molecule has 0 aromatic heterocycles. The lowest BCUT2D eigenvalue weighted by Gasteiger charge is -2.10. The van der Waals surface area contributed by atoms with Gasteiger partial charge in [0.05, 0.1) is 5.56 Å². The first kappa shape index (κ1) is 14.1. The van der Waals surface area contributed by atoms with Crippen molar-refractivity contribution in [3.05, 3.63) is 56.1 Å².